The Kier molecular flexibility index (Phi) is 5.45. The first kappa shape index (κ1) is 17.6. The molecule has 3 aromatic rings. The fourth-order valence-electron chi connectivity index (χ4n) is 2.18. The fourth-order valence-corrected chi connectivity index (χ4v) is 3.14. The zero-order chi connectivity index (χ0) is 17.8. The number of nitrogens with one attached hydrogen (secondary N) is 1. The Bertz CT molecular complexity index is 914. The van der Waals surface area contributed by atoms with Crippen LogP contribution in [-0.2, 0) is 4.79 Å². The first-order valence-corrected chi connectivity index (χ1v) is 9.09. The topological polar surface area (TPSA) is 51.2 Å². The number of nitrogens with zero attached hydrogens (tertiary/aromatic N) is 1. The van der Waals surface area contributed by atoms with Gasteiger partial charge in [0.1, 0.15) is 0 Å². The molecule has 0 atom stereocenters. The standard InChI is InChI=1S/C18H14BrFN2O2S/c1-11-21-16(10-25-11)12-3-2-4-14(7-12)22-18(23)9-24-17-6-5-13(19)8-15(17)20/h2-8,10H,9H2,1H3,(H,22,23). The second kappa shape index (κ2) is 7.76. The second-order valence-electron chi connectivity index (χ2n) is 5.24. The molecule has 0 spiro atoms. The highest BCUT2D eigenvalue weighted by molar-refractivity contribution is 9.10. The van der Waals surface area contributed by atoms with Crippen LogP contribution in [0, 0.1) is 12.7 Å². The van der Waals surface area contributed by atoms with Crippen molar-refractivity contribution in [2.24, 2.45) is 0 Å². The molecular weight excluding hydrogens is 407 g/mol. The number of benzene rings is 2. The van der Waals surface area contributed by atoms with E-state index in [1.165, 1.54) is 12.1 Å². The molecule has 0 saturated heterocycles. The molecule has 1 heterocycles. The Hall–Kier alpha value is -2.25. The molecule has 25 heavy (non-hydrogen) atoms. The van der Waals surface area contributed by atoms with Crippen LogP contribution in [0.2, 0.25) is 0 Å². The number of carbonyl (C=O) groups is 1. The molecular formula is C18H14BrFN2O2S. The molecule has 4 nitrogen and oxygen atoms in total. The number of hydrogen-bond acceptors (Lipinski definition) is 4. The van der Waals surface area contributed by atoms with Gasteiger partial charge in [0.05, 0.1) is 10.7 Å². The molecule has 0 bridgehead atoms. The number of amides is 1. The minimum absolute atomic E-state index is 0.0325. The average molecular weight is 421 g/mol. The average Bonchev–Trinajstić information content (AvgIpc) is 3.01. The third-order valence-electron chi connectivity index (χ3n) is 3.31. The summed E-state index contributed by atoms with van der Waals surface area (Å²) in [7, 11) is 0. The molecule has 128 valence electrons. The lowest BCUT2D eigenvalue weighted by Crippen LogP contribution is -2.20. The molecule has 0 aliphatic heterocycles. The zero-order valence-electron chi connectivity index (χ0n) is 13.3. The maximum absolute atomic E-state index is 13.7. The lowest BCUT2D eigenvalue weighted by atomic mass is 10.1. The summed E-state index contributed by atoms with van der Waals surface area (Å²) in [6, 6.07) is 11.8. The van der Waals surface area contributed by atoms with Gasteiger partial charge >= 0.3 is 0 Å². The smallest absolute Gasteiger partial charge is 0.262 e. The number of aromatic nitrogens is 1. The lowest BCUT2D eigenvalue weighted by molar-refractivity contribution is -0.118. The van der Waals surface area contributed by atoms with Gasteiger partial charge in [0.2, 0.25) is 0 Å². The first-order valence-electron chi connectivity index (χ1n) is 7.41. The Morgan fingerprint density at radius 1 is 1.32 bits per heavy atom. The normalized spacial score (nSPS) is 10.5. The number of halogens is 2. The van der Waals surface area contributed by atoms with E-state index in [9.17, 15) is 9.18 Å². The summed E-state index contributed by atoms with van der Waals surface area (Å²) in [5, 5.41) is 5.69. The predicted octanol–water partition coefficient (Wildman–Crippen LogP) is 5.04. The minimum atomic E-state index is -0.525. The van der Waals surface area contributed by atoms with Crippen molar-refractivity contribution < 1.29 is 13.9 Å². The maximum Gasteiger partial charge on any atom is 0.262 e. The number of anilines is 1. The predicted molar refractivity (Wildman–Crippen MR) is 101 cm³/mol. The Morgan fingerprint density at radius 3 is 2.88 bits per heavy atom. The van der Waals surface area contributed by atoms with Gasteiger partial charge in [-0.3, -0.25) is 4.79 Å². The summed E-state index contributed by atoms with van der Waals surface area (Å²) in [5.74, 6) is -0.859. The Labute approximate surface area is 156 Å². The molecule has 0 radical (unpaired) electrons. The summed E-state index contributed by atoms with van der Waals surface area (Å²) in [6.07, 6.45) is 0. The minimum Gasteiger partial charge on any atom is -0.481 e. The van der Waals surface area contributed by atoms with Crippen LogP contribution in [0.3, 0.4) is 0 Å². The van der Waals surface area contributed by atoms with Crippen LogP contribution in [0.25, 0.3) is 11.3 Å². The van der Waals surface area contributed by atoms with E-state index < -0.39 is 5.82 Å². The summed E-state index contributed by atoms with van der Waals surface area (Å²) in [5.41, 5.74) is 2.42. The largest absolute Gasteiger partial charge is 0.481 e. The van der Waals surface area contributed by atoms with Crippen molar-refractivity contribution in [3.8, 4) is 17.0 Å². The van der Waals surface area contributed by atoms with Gasteiger partial charge in [0, 0.05) is 21.1 Å². The molecule has 1 aromatic heterocycles. The lowest BCUT2D eigenvalue weighted by Gasteiger charge is -2.09. The maximum atomic E-state index is 13.7. The molecule has 7 heteroatoms. The highest BCUT2D eigenvalue weighted by Crippen LogP contribution is 2.24. The number of thiazole rings is 1. The van der Waals surface area contributed by atoms with Crippen LogP contribution >= 0.6 is 27.3 Å². The van der Waals surface area contributed by atoms with E-state index in [4.69, 9.17) is 4.74 Å². The highest BCUT2D eigenvalue weighted by atomic mass is 79.9. The van der Waals surface area contributed by atoms with Gasteiger partial charge in [-0.15, -0.1) is 11.3 Å². The summed E-state index contributed by atoms with van der Waals surface area (Å²) >= 11 is 4.74. The summed E-state index contributed by atoms with van der Waals surface area (Å²) < 4.78 is 19.5. The zero-order valence-corrected chi connectivity index (χ0v) is 15.7. The molecule has 0 unspecified atom stereocenters. The van der Waals surface area contributed by atoms with Crippen molar-refractivity contribution in [2.75, 3.05) is 11.9 Å². The van der Waals surface area contributed by atoms with Gasteiger partial charge in [0.15, 0.2) is 18.2 Å². The van der Waals surface area contributed by atoms with E-state index in [0.29, 0.717) is 10.2 Å². The van der Waals surface area contributed by atoms with E-state index in [2.05, 4.69) is 26.2 Å². The van der Waals surface area contributed by atoms with Crippen LogP contribution in [0.4, 0.5) is 10.1 Å². The van der Waals surface area contributed by atoms with Crippen LogP contribution in [-0.4, -0.2) is 17.5 Å². The van der Waals surface area contributed by atoms with Crippen molar-refractivity contribution in [3.63, 3.8) is 0 Å². The number of aryl methyl sites for hydroxylation is 1. The van der Waals surface area contributed by atoms with Crippen LogP contribution in [0.1, 0.15) is 5.01 Å². The molecule has 3 rings (SSSR count). The molecule has 1 amide bonds. The number of rotatable bonds is 5. The molecule has 0 aliphatic rings. The van der Waals surface area contributed by atoms with Crippen LogP contribution in [0.5, 0.6) is 5.75 Å². The molecule has 0 fully saturated rings. The first-order chi connectivity index (χ1) is 12.0. The van der Waals surface area contributed by atoms with E-state index in [-0.39, 0.29) is 18.3 Å². The number of ether oxygens (including phenoxy) is 1. The van der Waals surface area contributed by atoms with Crippen molar-refractivity contribution >= 4 is 38.9 Å². The van der Waals surface area contributed by atoms with Gasteiger partial charge in [0.25, 0.3) is 5.91 Å². The van der Waals surface area contributed by atoms with Gasteiger partial charge in [-0.05, 0) is 37.3 Å². The molecule has 0 saturated carbocycles. The highest BCUT2D eigenvalue weighted by Gasteiger charge is 2.09. The number of hydrogen-bond donors (Lipinski definition) is 1. The second-order valence-corrected chi connectivity index (χ2v) is 7.22. The van der Waals surface area contributed by atoms with E-state index >= 15 is 0 Å². The third-order valence-corrected chi connectivity index (χ3v) is 4.58. The van der Waals surface area contributed by atoms with Crippen molar-refractivity contribution in [3.05, 3.63) is 63.1 Å². The third kappa shape index (κ3) is 4.64. The van der Waals surface area contributed by atoms with Crippen molar-refractivity contribution in [2.45, 2.75) is 6.92 Å². The summed E-state index contributed by atoms with van der Waals surface area (Å²) in [6.45, 7) is 1.66. The van der Waals surface area contributed by atoms with Crippen LogP contribution < -0.4 is 10.1 Å². The van der Waals surface area contributed by atoms with Gasteiger partial charge in [-0.25, -0.2) is 9.37 Å². The quantitative estimate of drug-likeness (QED) is 0.628. The fraction of sp³-hybridized carbons (Fsp3) is 0.111. The van der Waals surface area contributed by atoms with Gasteiger partial charge in [-0.1, -0.05) is 28.1 Å². The monoisotopic (exact) mass is 420 g/mol. The molecule has 2 aromatic carbocycles. The van der Waals surface area contributed by atoms with E-state index in [0.717, 1.165) is 16.3 Å². The molecule has 1 N–H and O–H groups in total. The van der Waals surface area contributed by atoms with E-state index in [1.54, 1.807) is 23.5 Å². The number of carbonyl (C=O) groups excluding carboxylic acids is 1. The van der Waals surface area contributed by atoms with E-state index in [1.807, 2.05) is 30.5 Å². The van der Waals surface area contributed by atoms with Gasteiger partial charge < -0.3 is 10.1 Å². The van der Waals surface area contributed by atoms with Gasteiger partial charge in [-0.2, -0.15) is 0 Å². The molecule has 0 aliphatic carbocycles. The SMILES string of the molecule is Cc1nc(-c2cccc(NC(=O)COc3ccc(Br)cc3F)c2)cs1. The van der Waals surface area contributed by atoms with Crippen molar-refractivity contribution in [1.29, 1.82) is 0 Å². The summed E-state index contributed by atoms with van der Waals surface area (Å²) in [4.78, 5) is 16.5. The van der Waals surface area contributed by atoms with Crippen molar-refractivity contribution in [1.82, 2.24) is 4.98 Å². The Morgan fingerprint density at radius 2 is 2.16 bits per heavy atom. The Balaban J connectivity index is 1.63. The van der Waals surface area contributed by atoms with Crippen LogP contribution in [0.15, 0.2) is 52.3 Å².